The number of hydrogen-bond acceptors (Lipinski definition) is 6. The first-order valence-corrected chi connectivity index (χ1v) is 7.66. The highest BCUT2D eigenvalue weighted by Gasteiger charge is 2.06. The Morgan fingerprint density at radius 2 is 1.50 bits per heavy atom. The van der Waals surface area contributed by atoms with Gasteiger partial charge < -0.3 is 30.1 Å². The molecular weight excluding hydrogens is 330 g/mol. The number of halogens is 1. The summed E-state index contributed by atoms with van der Waals surface area (Å²) in [6, 6.07) is 6.44. The second-order valence-electron chi connectivity index (χ2n) is 4.44. The van der Waals surface area contributed by atoms with Gasteiger partial charge in [0.2, 0.25) is 0 Å². The fourth-order valence-corrected chi connectivity index (χ4v) is 1.93. The molecule has 22 heavy (non-hydrogen) atoms. The summed E-state index contributed by atoms with van der Waals surface area (Å²) in [6.07, 6.45) is 0. The van der Waals surface area contributed by atoms with E-state index in [1.165, 1.54) is 0 Å². The summed E-state index contributed by atoms with van der Waals surface area (Å²) in [6.45, 7) is 2.11. The molecular formula is C14H22ClNO5S. The van der Waals surface area contributed by atoms with Gasteiger partial charge in [0.1, 0.15) is 19.6 Å². The number of aliphatic hydroxyl groups excluding tert-OH is 3. The van der Waals surface area contributed by atoms with Gasteiger partial charge in [-0.05, 0) is 17.7 Å². The molecule has 1 rings (SSSR count). The number of aliphatic carboxylic acids is 1. The third-order valence-corrected chi connectivity index (χ3v) is 3.57. The van der Waals surface area contributed by atoms with Crippen molar-refractivity contribution in [3.63, 3.8) is 0 Å². The predicted octanol–water partition coefficient (Wildman–Crippen LogP) is -2.09. The van der Waals surface area contributed by atoms with Crippen molar-refractivity contribution in [2.45, 2.75) is 5.25 Å². The summed E-state index contributed by atoms with van der Waals surface area (Å²) in [5, 5.41) is 35.6. The van der Waals surface area contributed by atoms with Crippen molar-refractivity contribution in [1.29, 1.82) is 0 Å². The van der Waals surface area contributed by atoms with Gasteiger partial charge in [-0.3, -0.25) is 0 Å². The Balaban J connectivity index is 0.000000409. The van der Waals surface area contributed by atoms with Gasteiger partial charge in [0, 0.05) is 5.02 Å². The minimum atomic E-state index is -1.21. The van der Waals surface area contributed by atoms with Gasteiger partial charge in [-0.2, -0.15) is 12.6 Å². The van der Waals surface area contributed by atoms with Crippen molar-refractivity contribution in [3.05, 3.63) is 34.9 Å². The molecule has 126 valence electrons. The minimum absolute atomic E-state index is 0.106. The molecule has 6 nitrogen and oxygen atoms in total. The van der Waals surface area contributed by atoms with E-state index < -0.39 is 11.2 Å². The summed E-state index contributed by atoms with van der Waals surface area (Å²) >= 11 is 9.45. The van der Waals surface area contributed by atoms with E-state index in [-0.39, 0.29) is 19.8 Å². The number of thiol groups is 1. The smallest absolute Gasteiger partial charge is 0.101 e. The van der Waals surface area contributed by atoms with E-state index in [0.717, 1.165) is 4.90 Å². The lowest BCUT2D eigenvalue weighted by Gasteiger charge is -2.15. The van der Waals surface area contributed by atoms with Crippen molar-refractivity contribution < 1.29 is 30.1 Å². The van der Waals surface area contributed by atoms with Crippen LogP contribution < -0.4 is 10.0 Å². The van der Waals surface area contributed by atoms with Crippen molar-refractivity contribution in [3.8, 4) is 0 Å². The number of nitrogens with one attached hydrogen (secondary N) is 1. The number of carbonyl (C=O) groups is 1. The predicted molar refractivity (Wildman–Crippen MR) is 85.0 cm³/mol. The van der Waals surface area contributed by atoms with Gasteiger partial charge in [0.05, 0.1) is 31.0 Å². The lowest BCUT2D eigenvalue weighted by molar-refractivity contribution is -0.901. The van der Waals surface area contributed by atoms with E-state index in [2.05, 4.69) is 12.6 Å². The molecule has 1 aromatic carbocycles. The van der Waals surface area contributed by atoms with Gasteiger partial charge in [-0.1, -0.05) is 23.7 Å². The zero-order chi connectivity index (χ0) is 17.0. The zero-order valence-corrected chi connectivity index (χ0v) is 13.8. The standard InChI is InChI=1S/C8H7ClO2S.C6H15NO3/c9-6-3-1-5(2-4-6)7(12)8(10)11;8-4-1-7(2-5-9)3-6-10/h1-4,7,12H,(H,10,11);8-10H,1-6H2. The van der Waals surface area contributed by atoms with Gasteiger partial charge in [-0.25, -0.2) is 0 Å². The summed E-state index contributed by atoms with van der Waals surface area (Å²) in [5.74, 6) is -1.21. The molecule has 0 amide bonds. The SMILES string of the molecule is O=C([O-])C(S)c1ccc(Cl)cc1.OCC[NH+](CCO)CCO. The van der Waals surface area contributed by atoms with Crippen LogP contribution in [0.4, 0.5) is 0 Å². The molecule has 0 aliphatic heterocycles. The number of rotatable bonds is 8. The first kappa shape index (κ1) is 21.2. The van der Waals surface area contributed by atoms with Crippen LogP contribution in [0.5, 0.6) is 0 Å². The maximum Gasteiger partial charge on any atom is 0.101 e. The van der Waals surface area contributed by atoms with Crippen LogP contribution in [-0.2, 0) is 4.79 Å². The fourth-order valence-electron chi connectivity index (χ4n) is 1.63. The van der Waals surface area contributed by atoms with E-state index >= 15 is 0 Å². The largest absolute Gasteiger partial charge is 0.549 e. The van der Waals surface area contributed by atoms with Crippen molar-refractivity contribution in [2.75, 3.05) is 39.5 Å². The molecule has 0 spiro atoms. The molecule has 1 unspecified atom stereocenters. The van der Waals surface area contributed by atoms with Gasteiger partial charge in [0.15, 0.2) is 0 Å². The van der Waals surface area contributed by atoms with E-state index in [1.807, 2.05) is 0 Å². The van der Waals surface area contributed by atoms with Crippen LogP contribution in [0, 0.1) is 0 Å². The van der Waals surface area contributed by atoms with E-state index in [4.69, 9.17) is 26.9 Å². The molecule has 0 aliphatic carbocycles. The fraction of sp³-hybridized carbons (Fsp3) is 0.500. The number of quaternary nitrogens is 1. The summed E-state index contributed by atoms with van der Waals surface area (Å²) in [7, 11) is 0. The average Bonchev–Trinajstić information content (AvgIpc) is 2.49. The van der Waals surface area contributed by atoms with Gasteiger partial charge >= 0.3 is 0 Å². The number of carboxylic acids is 1. The Hall–Kier alpha value is -0.830. The van der Waals surface area contributed by atoms with Crippen LogP contribution in [0.3, 0.4) is 0 Å². The lowest BCUT2D eigenvalue weighted by Crippen LogP contribution is -3.13. The maximum absolute atomic E-state index is 10.4. The minimum Gasteiger partial charge on any atom is -0.549 e. The Bertz CT molecular complexity index is 404. The molecule has 1 aromatic rings. The van der Waals surface area contributed by atoms with Crippen molar-refractivity contribution >= 4 is 30.2 Å². The summed E-state index contributed by atoms with van der Waals surface area (Å²) < 4.78 is 0. The van der Waals surface area contributed by atoms with E-state index in [9.17, 15) is 9.90 Å². The highest BCUT2D eigenvalue weighted by atomic mass is 35.5. The van der Waals surface area contributed by atoms with Crippen LogP contribution in [0.2, 0.25) is 5.02 Å². The first-order chi connectivity index (χ1) is 10.5. The Morgan fingerprint density at radius 3 is 1.82 bits per heavy atom. The molecule has 0 aromatic heterocycles. The normalized spacial score (nSPS) is 11.7. The van der Waals surface area contributed by atoms with Gasteiger partial charge in [0.25, 0.3) is 0 Å². The number of aliphatic hydroxyl groups is 3. The second kappa shape index (κ2) is 12.7. The van der Waals surface area contributed by atoms with Crippen molar-refractivity contribution in [1.82, 2.24) is 0 Å². The summed E-state index contributed by atoms with van der Waals surface area (Å²) in [5.41, 5.74) is 0.572. The number of benzene rings is 1. The van der Waals surface area contributed by atoms with Crippen LogP contribution in [0.1, 0.15) is 10.8 Å². The Labute approximate surface area is 140 Å². The molecule has 0 fully saturated rings. The van der Waals surface area contributed by atoms with Crippen LogP contribution in [-0.4, -0.2) is 60.7 Å². The number of carboxylic acid groups (broad SMARTS) is 1. The molecule has 8 heteroatoms. The van der Waals surface area contributed by atoms with Crippen LogP contribution in [0.15, 0.2) is 24.3 Å². The van der Waals surface area contributed by atoms with Gasteiger partial charge in [-0.15, -0.1) is 0 Å². The highest BCUT2D eigenvalue weighted by molar-refractivity contribution is 7.81. The molecule has 4 N–H and O–H groups in total. The third-order valence-electron chi connectivity index (χ3n) is 2.81. The van der Waals surface area contributed by atoms with E-state index in [1.54, 1.807) is 24.3 Å². The average molecular weight is 352 g/mol. The van der Waals surface area contributed by atoms with Crippen LogP contribution in [0.25, 0.3) is 0 Å². The van der Waals surface area contributed by atoms with Crippen molar-refractivity contribution in [2.24, 2.45) is 0 Å². The Kier molecular flexibility index (Phi) is 12.2. The molecule has 0 bridgehead atoms. The molecule has 0 radical (unpaired) electrons. The molecule has 0 heterocycles. The quantitative estimate of drug-likeness (QED) is 0.345. The second-order valence-corrected chi connectivity index (χ2v) is 5.40. The molecule has 1 atom stereocenters. The topological polar surface area (TPSA) is 105 Å². The first-order valence-electron chi connectivity index (χ1n) is 6.76. The number of hydrogen-bond donors (Lipinski definition) is 5. The molecule has 0 saturated heterocycles. The monoisotopic (exact) mass is 351 g/mol. The number of carbonyl (C=O) groups excluding carboxylic acids is 1. The van der Waals surface area contributed by atoms with E-state index in [0.29, 0.717) is 30.2 Å². The maximum atomic E-state index is 10.4. The van der Waals surface area contributed by atoms with Crippen LogP contribution >= 0.6 is 24.2 Å². The Morgan fingerprint density at radius 1 is 1.09 bits per heavy atom. The third kappa shape index (κ3) is 9.24. The zero-order valence-electron chi connectivity index (χ0n) is 12.1. The lowest BCUT2D eigenvalue weighted by atomic mass is 10.1. The molecule has 0 aliphatic rings. The summed E-state index contributed by atoms with van der Waals surface area (Å²) in [4.78, 5) is 11.4. The highest BCUT2D eigenvalue weighted by Crippen LogP contribution is 2.20. The molecule has 0 saturated carbocycles.